The zero-order chi connectivity index (χ0) is 12.3. The van der Waals surface area contributed by atoms with Gasteiger partial charge < -0.3 is 10.5 Å². The summed E-state index contributed by atoms with van der Waals surface area (Å²) in [4.78, 5) is 4.06. The highest BCUT2D eigenvalue weighted by molar-refractivity contribution is 7.09. The minimum absolute atomic E-state index is 0.183. The standard InChI is InChI=1S/C12H13FN2OS/c1-8(14)9-2-3-11(10(13)6-9)16-7-12-15-4-5-17-12/h2-6,8H,7,14H2,1H3/t8-/m0/s1. The Morgan fingerprint density at radius 1 is 1.53 bits per heavy atom. The van der Waals surface area contributed by atoms with E-state index >= 15 is 0 Å². The number of rotatable bonds is 4. The van der Waals surface area contributed by atoms with Crippen LogP contribution in [0.3, 0.4) is 0 Å². The van der Waals surface area contributed by atoms with E-state index in [1.54, 1.807) is 18.3 Å². The summed E-state index contributed by atoms with van der Waals surface area (Å²) in [6.45, 7) is 2.09. The molecule has 0 unspecified atom stereocenters. The summed E-state index contributed by atoms with van der Waals surface area (Å²) in [6.07, 6.45) is 1.69. The Labute approximate surface area is 103 Å². The number of halogens is 1. The number of hydrogen-bond acceptors (Lipinski definition) is 4. The molecular weight excluding hydrogens is 239 g/mol. The van der Waals surface area contributed by atoms with Crippen LogP contribution in [-0.4, -0.2) is 4.98 Å². The monoisotopic (exact) mass is 252 g/mol. The molecule has 1 aromatic heterocycles. The van der Waals surface area contributed by atoms with Crippen molar-refractivity contribution in [3.05, 3.63) is 46.2 Å². The summed E-state index contributed by atoms with van der Waals surface area (Å²) < 4.78 is 19.0. The number of nitrogens with zero attached hydrogens (tertiary/aromatic N) is 1. The van der Waals surface area contributed by atoms with Gasteiger partial charge in [0.2, 0.25) is 0 Å². The first-order valence-corrected chi connectivity index (χ1v) is 6.11. The Morgan fingerprint density at radius 2 is 2.35 bits per heavy atom. The van der Waals surface area contributed by atoms with Crippen molar-refractivity contribution in [2.75, 3.05) is 0 Å². The first-order chi connectivity index (χ1) is 8.16. The first-order valence-electron chi connectivity index (χ1n) is 5.23. The van der Waals surface area contributed by atoms with Crippen molar-refractivity contribution < 1.29 is 9.13 Å². The fourth-order valence-electron chi connectivity index (χ4n) is 1.38. The fraction of sp³-hybridized carbons (Fsp3) is 0.250. The van der Waals surface area contributed by atoms with Crippen LogP contribution in [0, 0.1) is 5.82 Å². The Bertz CT molecular complexity index is 485. The molecule has 0 saturated heterocycles. The molecular formula is C12H13FN2OS. The maximum atomic E-state index is 13.6. The van der Waals surface area contributed by atoms with E-state index < -0.39 is 5.82 Å². The Kier molecular flexibility index (Phi) is 3.71. The minimum atomic E-state index is -0.392. The smallest absolute Gasteiger partial charge is 0.165 e. The van der Waals surface area contributed by atoms with Gasteiger partial charge in [-0.15, -0.1) is 11.3 Å². The molecule has 0 radical (unpaired) electrons. The van der Waals surface area contributed by atoms with Crippen molar-refractivity contribution in [2.24, 2.45) is 5.73 Å². The van der Waals surface area contributed by atoms with Gasteiger partial charge in [0.25, 0.3) is 0 Å². The van der Waals surface area contributed by atoms with E-state index in [1.165, 1.54) is 17.4 Å². The molecule has 1 aromatic carbocycles. The summed E-state index contributed by atoms with van der Waals surface area (Å²) in [7, 11) is 0. The third kappa shape index (κ3) is 3.01. The SMILES string of the molecule is C[C@H](N)c1ccc(OCc2nccs2)c(F)c1. The largest absolute Gasteiger partial charge is 0.483 e. The molecule has 3 nitrogen and oxygen atoms in total. The number of ether oxygens (including phenoxy) is 1. The van der Waals surface area contributed by atoms with Crippen LogP contribution in [0.5, 0.6) is 5.75 Å². The van der Waals surface area contributed by atoms with Crippen LogP contribution in [0.4, 0.5) is 4.39 Å². The number of hydrogen-bond donors (Lipinski definition) is 1. The topological polar surface area (TPSA) is 48.1 Å². The zero-order valence-electron chi connectivity index (χ0n) is 9.39. The zero-order valence-corrected chi connectivity index (χ0v) is 10.2. The van der Waals surface area contributed by atoms with Gasteiger partial charge in [0.05, 0.1) is 0 Å². The number of aromatic nitrogens is 1. The highest BCUT2D eigenvalue weighted by Crippen LogP contribution is 2.22. The van der Waals surface area contributed by atoms with Crippen LogP contribution < -0.4 is 10.5 Å². The molecule has 1 heterocycles. The van der Waals surface area contributed by atoms with E-state index in [4.69, 9.17) is 10.5 Å². The Balaban J connectivity index is 2.06. The van der Waals surface area contributed by atoms with Gasteiger partial charge in [0, 0.05) is 17.6 Å². The Morgan fingerprint density at radius 3 is 2.94 bits per heavy atom. The average molecular weight is 252 g/mol. The second-order valence-corrected chi connectivity index (χ2v) is 4.67. The van der Waals surface area contributed by atoms with Gasteiger partial charge >= 0.3 is 0 Å². The number of thiazole rings is 1. The molecule has 0 spiro atoms. The minimum Gasteiger partial charge on any atom is -0.483 e. The van der Waals surface area contributed by atoms with E-state index in [9.17, 15) is 4.39 Å². The molecule has 17 heavy (non-hydrogen) atoms. The maximum absolute atomic E-state index is 13.6. The lowest BCUT2D eigenvalue weighted by atomic mass is 10.1. The normalized spacial score (nSPS) is 12.4. The predicted octanol–water partition coefficient (Wildman–Crippen LogP) is 2.88. The van der Waals surface area contributed by atoms with Crippen molar-refractivity contribution in [1.29, 1.82) is 0 Å². The van der Waals surface area contributed by atoms with Crippen molar-refractivity contribution in [1.82, 2.24) is 4.98 Å². The number of nitrogens with two attached hydrogens (primary N) is 1. The molecule has 0 aliphatic carbocycles. The van der Waals surface area contributed by atoms with Crippen LogP contribution in [0.1, 0.15) is 23.5 Å². The average Bonchev–Trinajstić information content (AvgIpc) is 2.80. The molecule has 2 aromatic rings. The van der Waals surface area contributed by atoms with Gasteiger partial charge in [-0.1, -0.05) is 6.07 Å². The third-order valence-electron chi connectivity index (χ3n) is 2.32. The molecule has 0 amide bonds. The Hall–Kier alpha value is -1.46. The third-order valence-corrected chi connectivity index (χ3v) is 3.07. The summed E-state index contributed by atoms with van der Waals surface area (Å²) in [6, 6.07) is 4.59. The quantitative estimate of drug-likeness (QED) is 0.910. The second-order valence-electron chi connectivity index (χ2n) is 3.69. The predicted molar refractivity (Wildman–Crippen MR) is 65.4 cm³/mol. The summed E-state index contributed by atoms with van der Waals surface area (Å²) in [5, 5.41) is 2.68. The molecule has 0 aliphatic rings. The van der Waals surface area contributed by atoms with Crippen LogP contribution in [0.15, 0.2) is 29.8 Å². The van der Waals surface area contributed by atoms with E-state index in [2.05, 4.69) is 4.98 Å². The summed E-state index contributed by atoms with van der Waals surface area (Å²) >= 11 is 1.48. The second kappa shape index (κ2) is 5.25. The first kappa shape index (κ1) is 12.0. The van der Waals surface area contributed by atoms with Crippen molar-refractivity contribution >= 4 is 11.3 Å². The van der Waals surface area contributed by atoms with Crippen LogP contribution in [0.2, 0.25) is 0 Å². The van der Waals surface area contributed by atoms with Gasteiger partial charge in [0.15, 0.2) is 11.6 Å². The molecule has 90 valence electrons. The number of benzene rings is 1. The lowest BCUT2D eigenvalue weighted by Gasteiger charge is -2.09. The molecule has 2 rings (SSSR count). The lowest BCUT2D eigenvalue weighted by Crippen LogP contribution is -2.06. The van der Waals surface area contributed by atoms with Crippen molar-refractivity contribution in [3.8, 4) is 5.75 Å². The molecule has 2 N–H and O–H groups in total. The maximum Gasteiger partial charge on any atom is 0.165 e. The van der Waals surface area contributed by atoms with E-state index in [0.29, 0.717) is 0 Å². The lowest BCUT2D eigenvalue weighted by molar-refractivity contribution is 0.289. The van der Waals surface area contributed by atoms with Crippen LogP contribution in [-0.2, 0) is 6.61 Å². The summed E-state index contributed by atoms with van der Waals surface area (Å²) in [5.41, 5.74) is 6.42. The van der Waals surface area contributed by atoms with Crippen LogP contribution >= 0.6 is 11.3 Å². The van der Waals surface area contributed by atoms with Gasteiger partial charge in [-0.2, -0.15) is 0 Å². The molecule has 1 atom stereocenters. The molecule has 0 fully saturated rings. The van der Waals surface area contributed by atoms with Crippen molar-refractivity contribution in [2.45, 2.75) is 19.6 Å². The van der Waals surface area contributed by atoms with E-state index in [-0.39, 0.29) is 18.4 Å². The highest BCUT2D eigenvalue weighted by Gasteiger charge is 2.07. The van der Waals surface area contributed by atoms with E-state index in [0.717, 1.165) is 10.6 Å². The van der Waals surface area contributed by atoms with Gasteiger partial charge in [-0.25, -0.2) is 9.37 Å². The highest BCUT2D eigenvalue weighted by atomic mass is 32.1. The molecule has 0 bridgehead atoms. The molecule has 5 heteroatoms. The van der Waals surface area contributed by atoms with Gasteiger partial charge in [-0.3, -0.25) is 0 Å². The van der Waals surface area contributed by atoms with Crippen LogP contribution in [0.25, 0.3) is 0 Å². The van der Waals surface area contributed by atoms with Crippen molar-refractivity contribution in [3.63, 3.8) is 0 Å². The molecule has 0 aliphatic heterocycles. The molecule has 0 saturated carbocycles. The fourth-order valence-corrected chi connectivity index (χ4v) is 1.91. The van der Waals surface area contributed by atoms with E-state index in [1.807, 2.05) is 12.3 Å². The summed E-state index contributed by atoms with van der Waals surface area (Å²) in [5.74, 6) is -0.166. The van der Waals surface area contributed by atoms with Gasteiger partial charge in [-0.05, 0) is 24.6 Å². The van der Waals surface area contributed by atoms with Gasteiger partial charge in [0.1, 0.15) is 11.6 Å².